The lowest BCUT2D eigenvalue weighted by atomic mass is 9.97. The summed E-state index contributed by atoms with van der Waals surface area (Å²) in [4.78, 5) is 0. The summed E-state index contributed by atoms with van der Waals surface area (Å²) in [5, 5.41) is 3.48. The monoisotopic (exact) mass is 313 g/mol. The molecule has 0 radical (unpaired) electrons. The minimum absolute atomic E-state index is 0.115. The number of hydrogen-bond acceptors (Lipinski definition) is 4. The van der Waals surface area contributed by atoms with E-state index in [1.54, 1.807) is 14.2 Å². The van der Waals surface area contributed by atoms with Crippen molar-refractivity contribution in [2.24, 2.45) is 0 Å². The largest absolute Gasteiger partial charge is 0.497 e. The van der Waals surface area contributed by atoms with Crippen molar-refractivity contribution in [2.45, 2.75) is 19.1 Å². The molecule has 4 heteroatoms. The first-order valence-corrected chi connectivity index (χ1v) is 7.93. The van der Waals surface area contributed by atoms with Gasteiger partial charge in [-0.2, -0.15) is 0 Å². The quantitative estimate of drug-likeness (QED) is 0.889. The number of fused-ring (bicyclic) bond motifs is 1. The number of nitrogens with one attached hydrogen (secondary N) is 1. The molecule has 1 heterocycles. The molecular weight excluding hydrogens is 290 g/mol. The van der Waals surface area contributed by atoms with E-state index in [-0.39, 0.29) is 6.10 Å². The van der Waals surface area contributed by atoms with Gasteiger partial charge < -0.3 is 19.5 Å². The second-order valence-electron chi connectivity index (χ2n) is 5.62. The second kappa shape index (κ2) is 7.49. The van der Waals surface area contributed by atoms with E-state index < -0.39 is 0 Å². The van der Waals surface area contributed by atoms with Gasteiger partial charge in [-0.3, -0.25) is 0 Å². The van der Waals surface area contributed by atoms with Crippen LogP contribution in [0.25, 0.3) is 0 Å². The Morgan fingerprint density at radius 3 is 2.83 bits per heavy atom. The normalized spacial score (nSPS) is 16.7. The highest BCUT2D eigenvalue weighted by Gasteiger charge is 2.19. The van der Waals surface area contributed by atoms with Crippen LogP contribution in [0.5, 0.6) is 11.5 Å². The number of benzene rings is 2. The van der Waals surface area contributed by atoms with E-state index >= 15 is 0 Å². The molecule has 2 aromatic carbocycles. The van der Waals surface area contributed by atoms with Gasteiger partial charge in [-0.1, -0.05) is 30.3 Å². The first-order valence-electron chi connectivity index (χ1n) is 7.93. The van der Waals surface area contributed by atoms with E-state index in [4.69, 9.17) is 14.2 Å². The van der Waals surface area contributed by atoms with Crippen molar-refractivity contribution in [3.05, 3.63) is 59.2 Å². The Balaban J connectivity index is 1.62. The van der Waals surface area contributed by atoms with Gasteiger partial charge in [-0.05, 0) is 23.6 Å². The average molecular weight is 313 g/mol. The fraction of sp³-hybridized carbons (Fsp3) is 0.368. The Morgan fingerprint density at radius 1 is 1.13 bits per heavy atom. The lowest BCUT2D eigenvalue weighted by Crippen LogP contribution is -2.27. The molecule has 3 rings (SSSR count). The summed E-state index contributed by atoms with van der Waals surface area (Å²) in [7, 11) is 3.34. The SMILES string of the molecule is COc1ccc(CNC[C@@H]2OCCc3ccccc32)c(OC)c1. The van der Waals surface area contributed by atoms with E-state index in [0.717, 1.165) is 43.2 Å². The minimum atomic E-state index is 0.115. The molecule has 0 amide bonds. The summed E-state index contributed by atoms with van der Waals surface area (Å²) in [6, 6.07) is 14.4. The van der Waals surface area contributed by atoms with Crippen molar-refractivity contribution in [3.63, 3.8) is 0 Å². The van der Waals surface area contributed by atoms with Gasteiger partial charge in [0.2, 0.25) is 0 Å². The van der Waals surface area contributed by atoms with Crippen LogP contribution in [-0.4, -0.2) is 27.4 Å². The third-order valence-electron chi connectivity index (χ3n) is 4.23. The van der Waals surface area contributed by atoms with Crippen LogP contribution < -0.4 is 14.8 Å². The molecule has 0 saturated carbocycles. The molecule has 1 N–H and O–H groups in total. The highest BCUT2D eigenvalue weighted by molar-refractivity contribution is 5.40. The number of methoxy groups -OCH3 is 2. The highest BCUT2D eigenvalue weighted by atomic mass is 16.5. The Bertz CT molecular complexity index is 657. The van der Waals surface area contributed by atoms with Crippen molar-refractivity contribution in [1.29, 1.82) is 0 Å². The maximum absolute atomic E-state index is 5.92. The van der Waals surface area contributed by atoms with Crippen LogP contribution in [0, 0.1) is 0 Å². The summed E-state index contributed by atoms with van der Waals surface area (Å²) in [6.07, 6.45) is 1.11. The number of hydrogen-bond donors (Lipinski definition) is 1. The summed E-state index contributed by atoms with van der Waals surface area (Å²) >= 11 is 0. The van der Waals surface area contributed by atoms with Crippen molar-refractivity contribution in [2.75, 3.05) is 27.4 Å². The van der Waals surface area contributed by atoms with Crippen LogP contribution in [0.1, 0.15) is 22.8 Å². The van der Waals surface area contributed by atoms with Crippen LogP contribution in [-0.2, 0) is 17.7 Å². The Labute approximate surface area is 137 Å². The molecule has 0 spiro atoms. The molecule has 0 aliphatic carbocycles. The van der Waals surface area contributed by atoms with Crippen LogP contribution in [0.2, 0.25) is 0 Å². The molecule has 0 fully saturated rings. The van der Waals surface area contributed by atoms with E-state index in [1.807, 2.05) is 18.2 Å². The first-order chi connectivity index (χ1) is 11.3. The maximum Gasteiger partial charge on any atom is 0.127 e. The summed E-state index contributed by atoms with van der Waals surface area (Å²) in [6.45, 7) is 2.30. The Hall–Kier alpha value is -2.04. The molecule has 2 aromatic rings. The molecule has 0 bridgehead atoms. The molecule has 23 heavy (non-hydrogen) atoms. The van der Waals surface area contributed by atoms with Gasteiger partial charge in [-0.25, -0.2) is 0 Å². The molecule has 0 unspecified atom stereocenters. The van der Waals surface area contributed by atoms with Crippen molar-refractivity contribution in [1.82, 2.24) is 5.32 Å². The molecule has 0 aromatic heterocycles. The van der Waals surface area contributed by atoms with Gasteiger partial charge in [0.25, 0.3) is 0 Å². The summed E-state index contributed by atoms with van der Waals surface area (Å²) < 4.78 is 16.6. The van der Waals surface area contributed by atoms with Crippen LogP contribution in [0.15, 0.2) is 42.5 Å². The molecule has 0 saturated heterocycles. The van der Waals surface area contributed by atoms with E-state index in [0.29, 0.717) is 0 Å². The van der Waals surface area contributed by atoms with E-state index in [2.05, 4.69) is 29.6 Å². The first kappa shape index (κ1) is 15.8. The predicted molar refractivity (Wildman–Crippen MR) is 90.1 cm³/mol. The Morgan fingerprint density at radius 2 is 2.00 bits per heavy atom. The molecule has 1 atom stereocenters. The molecule has 122 valence electrons. The molecule has 1 aliphatic rings. The minimum Gasteiger partial charge on any atom is -0.497 e. The van der Waals surface area contributed by atoms with Gasteiger partial charge in [0.05, 0.1) is 26.9 Å². The lowest BCUT2D eigenvalue weighted by molar-refractivity contribution is 0.0423. The van der Waals surface area contributed by atoms with Gasteiger partial charge in [-0.15, -0.1) is 0 Å². The fourth-order valence-corrected chi connectivity index (χ4v) is 2.98. The maximum atomic E-state index is 5.92. The van der Waals surface area contributed by atoms with Crippen molar-refractivity contribution in [3.8, 4) is 11.5 Å². The van der Waals surface area contributed by atoms with Gasteiger partial charge >= 0.3 is 0 Å². The topological polar surface area (TPSA) is 39.7 Å². The molecule has 1 aliphatic heterocycles. The summed E-state index contributed by atoms with van der Waals surface area (Å²) in [5.41, 5.74) is 3.80. The van der Waals surface area contributed by atoms with E-state index in [1.165, 1.54) is 11.1 Å². The van der Waals surface area contributed by atoms with Gasteiger partial charge in [0.1, 0.15) is 11.5 Å². The fourth-order valence-electron chi connectivity index (χ4n) is 2.98. The average Bonchev–Trinajstić information content (AvgIpc) is 2.62. The Kier molecular flexibility index (Phi) is 5.16. The van der Waals surface area contributed by atoms with Gasteiger partial charge in [0.15, 0.2) is 0 Å². The predicted octanol–water partition coefficient (Wildman–Crippen LogP) is 3.11. The molecule has 4 nitrogen and oxygen atoms in total. The van der Waals surface area contributed by atoms with Crippen LogP contribution in [0.3, 0.4) is 0 Å². The zero-order chi connectivity index (χ0) is 16.1. The highest BCUT2D eigenvalue weighted by Crippen LogP contribution is 2.27. The second-order valence-corrected chi connectivity index (χ2v) is 5.62. The smallest absolute Gasteiger partial charge is 0.127 e. The number of ether oxygens (including phenoxy) is 3. The lowest BCUT2D eigenvalue weighted by Gasteiger charge is -2.26. The third-order valence-corrected chi connectivity index (χ3v) is 4.23. The standard InChI is InChI=1S/C19H23NO3/c1-21-16-8-7-15(18(11-16)22-2)12-20-13-19-17-6-4-3-5-14(17)9-10-23-19/h3-8,11,19-20H,9-10,12-13H2,1-2H3/t19-/m0/s1. The zero-order valence-corrected chi connectivity index (χ0v) is 13.7. The van der Waals surface area contributed by atoms with Gasteiger partial charge in [0, 0.05) is 24.7 Å². The molecular formula is C19H23NO3. The van der Waals surface area contributed by atoms with E-state index in [9.17, 15) is 0 Å². The van der Waals surface area contributed by atoms with Crippen LogP contribution in [0.4, 0.5) is 0 Å². The zero-order valence-electron chi connectivity index (χ0n) is 13.7. The van der Waals surface area contributed by atoms with Crippen molar-refractivity contribution >= 4 is 0 Å². The van der Waals surface area contributed by atoms with Crippen LogP contribution >= 0.6 is 0 Å². The third kappa shape index (κ3) is 3.66. The summed E-state index contributed by atoms with van der Waals surface area (Å²) in [5.74, 6) is 1.64. The number of rotatable bonds is 6. The van der Waals surface area contributed by atoms with Crippen molar-refractivity contribution < 1.29 is 14.2 Å².